The van der Waals surface area contributed by atoms with E-state index in [0.29, 0.717) is 12.8 Å². The second-order valence-corrected chi connectivity index (χ2v) is 7.44. The molecule has 1 aromatic rings. The van der Waals surface area contributed by atoms with Crippen molar-refractivity contribution >= 4 is 15.7 Å². The number of hydrogen-bond acceptors (Lipinski definition) is 4. The topological polar surface area (TPSA) is 87.0 Å². The number of rotatable bonds is 5. The summed E-state index contributed by atoms with van der Waals surface area (Å²) >= 11 is 0. The Bertz CT molecular complexity index is 680. The Morgan fingerprint density at radius 1 is 1.32 bits per heavy atom. The van der Waals surface area contributed by atoms with Crippen molar-refractivity contribution in [2.24, 2.45) is 11.8 Å². The summed E-state index contributed by atoms with van der Waals surface area (Å²) in [6, 6.07) is 6.53. The molecule has 1 amide bonds. The van der Waals surface area contributed by atoms with E-state index in [0.717, 1.165) is 18.6 Å². The Morgan fingerprint density at radius 3 is 2.64 bits per heavy atom. The van der Waals surface area contributed by atoms with Crippen LogP contribution in [0.4, 0.5) is 4.39 Å². The first-order chi connectivity index (χ1) is 10.4. The molecule has 118 valence electrons. The predicted molar refractivity (Wildman–Crippen MR) is 77.9 cm³/mol. The van der Waals surface area contributed by atoms with Gasteiger partial charge in [-0.1, -0.05) is 6.42 Å². The smallest absolute Gasteiger partial charge is 0.224 e. The van der Waals surface area contributed by atoms with Crippen molar-refractivity contribution in [3.05, 3.63) is 30.1 Å². The molecule has 0 aromatic heterocycles. The number of nitriles is 1. The van der Waals surface area contributed by atoms with Crippen molar-refractivity contribution in [2.45, 2.75) is 24.2 Å². The largest absolute Gasteiger partial charge is 0.343 e. The van der Waals surface area contributed by atoms with Gasteiger partial charge in [0.05, 0.1) is 16.7 Å². The number of amides is 1. The van der Waals surface area contributed by atoms with Gasteiger partial charge >= 0.3 is 0 Å². The third-order valence-electron chi connectivity index (χ3n) is 3.94. The molecule has 2 unspecified atom stereocenters. The van der Waals surface area contributed by atoms with Crippen LogP contribution in [0.25, 0.3) is 0 Å². The molecule has 1 aliphatic rings. The third kappa shape index (κ3) is 3.83. The fraction of sp³-hybridized carbons (Fsp3) is 0.467. The summed E-state index contributed by atoms with van der Waals surface area (Å²) < 4.78 is 37.6. The Hall–Kier alpha value is -1.94. The van der Waals surface area contributed by atoms with Crippen LogP contribution in [0.3, 0.4) is 0 Å². The minimum atomic E-state index is -3.56. The molecule has 1 fully saturated rings. The number of nitrogens with zero attached hydrogens (tertiary/aromatic N) is 1. The average Bonchev–Trinajstić information content (AvgIpc) is 2.92. The molecule has 0 spiro atoms. The van der Waals surface area contributed by atoms with Crippen LogP contribution in [0.5, 0.6) is 0 Å². The quantitative estimate of drug-likeness (QED) is 0.659. The highest BCUT2D eigenvalue weighted by atomic mass is 32.2. The first-order valence-corrected chi connectivity index (χ1v) is 8.72. The lowest BCUT2D eigenvalue weighted by molar-refractivity contribution is -0.125. The SMILES string of the molecule is N#CCNC(=O)C1CCCC1CS(=O)(=O)c1ccc(F)cc1. The minimum absolute atomic E-state index is 0.0667. The molecular formula is C15H17FN2O3S. The summed E-state index contributed by atoms with van der Waals surface area (Å²) in [5.41, 5.74) is 0. The molecule has 0 aliphatic heterocycles. The first kappa shape index (κ1) is 16.4. The van der Waals surface area contributed by atoms with Crippen LogP contribution in [-0.4, -0.2) is 26.6 Å². The van der Waals surface area contributed by atoms with Crippen LogP contribution in [-0.2, 0) is 14.6 Å². The molecule has 1 saturated carbocycles. The van der Waals surface area contributed by atoms with E-state index in [1.54, 1.807) is 0 Å². The highest BCUT2D eigenvalue weighted by Gasteiger charge is 2.36. The Balaban J connectivity index is 2.09. The summed E-state index contributed by atoms with van der Waals surface area (Å²) in [6.45, 7) is -0.0766. The van der Waals surface area contributed by atoms with E-state index in [1.165, 1.54) is 12.1 Å². The lowest BCUT2D eigenvalue weighted by Crippen LogP contribution is -2.35. The molecule has 0 bridgehead atoms. The highest BCUT2D eigenvalue weighted by Crippen LogP contribution is 2.34. The molecule has 0 heterocycles. The number of hydrogen-bond donors (Lipinski definition) is 1. The molecule has 7 heteroatoms. The zero-order valence-electron chi connectivity index (χ0n) is 12.0. The molecule has 2 atom stereocenters. The van der Waals surface area contributed by atoms with Gasteiger partial charge in [0.15, 0.2) is 9.84 Å². The van der Waals surface area contributed by atoms with Gasteiger partial charge in [0, 0.05) is 5.92 Å². The van der Waals surface area contributed by atoms with Gasteiger partial charge in [0.2, 0.25) is 5.91 Å². The van der Waals surface area contributed by atoms with Crippen LogP contribution < -0.4 is 5.32 Å². The van der Waals surface area contributed by atoms with Crippen LogP contribution in [0.15, 0.2) is 29.2 Å². The molecule has 0 saturated heterocycles. The summed E-state index contributed by atoms with van der Waals surface area (Å²) in [7, 11) is -3.56. The molecule has 2 rings (SSSR count). The van der Waals surface area contributed by atoms with E-state index in [-0.39, 0.29) is 34.9 Å². The highest BCUT2D eigenvalue weighted by molar-refractivity contribution is 7.91. The number of halogens is 1. The second kappa shape index (κ2) is 6.88. The van der Waals surface area contributed by atoms with Gasteiger partial charge in [-0.05, 0) is 43.0 Å². The standard InChI is InChI=1S/C15H17FN2O3S/c16-12-4-6-13(7-5-12)22(20,21)10-11-2-1-3-14(11)15(19)18-9-8-17/h4-7,11,14H,1-3,9-10H2,(H,18,19). The molecule has 0 radical (unpaired) electrons. The zero-order chi connectivity index (χ0) is 16.2. The van der Waals surface area contributed by atoms with Crippen LogP contribution >= 0.6 is 0 Å². The molecule has 1 aliphatic carbocycles. The number of benzene rings is 1. The van der Waals surface area contributed by atoms with Gasteiger partial charge < -0.3 is 5.32 Å². The van der Waals surface area contributed by atoms with E-state index >= 15 is 0 Å². The lowest BCUT2D eigenvalue weighted by Gasteiger charge is -2.18. The second-order valence-electron chi connectivity index (χ2n) is 5.41. The van der Waals surface area contributed by atoms with Gasteiger partial charge in [0.1, 0.15) is 12.4 Å². The monoisotopic (exact) mass is 324 g/mol. The van der Waals surface area contributed by atoms with Gasteiger partial charge in [-0.15, -0.1) is 0 Å². The molecule has 1 aromatic carbocycles. The van der Waals surface area contributed by atoms with E-state index in [4.69, 9.17) is 5.26 Å². The van der Waals surface area contributed by atoms with Crippen molar-refractivity contribution in [3.63, 3.8) is 0 Å². The van der Waals surface area contributed by atoms with Crippen molar-refractivity contribution in [1.29, 1.82) is 5.26 Å². The summed E-state index contributed by atoms with van der Waals surface area (Å²) in [4.78, 5) is 12.0. The summed E-state index contributed by atoms with van der Waals surface area (Å²) in [6.07, 6.45) is 2.07. The maximum absolute atomic E-state index is 12.9. The minimum Gasteiger partial charge on any atom is -0.343 e. The fourth-order valence-electron chi connectivity index (χ4n) is 2.86. The third-order valence-corrected chi connectivity index (χ3v) is 5.80. The number of sulfone groups is 1. The number of carbonyl (C=O) groups is 1. The first-order valence-electron chi connectivity index (χ1n) is 7.07. The van der Waals surface area contributed by atoms with E-state index in [1.807, 2.05) is 6.07 Å². The predicted octanol–water partition coefficient (Wildman–Crippen LogP) is 1.66. The van der Waals surface area contributed by atoms with Crippen molar-refractivity contribution in [1.82, 2.24) is 5.32 Å². The lowest BCUT2D eigenvalue weighted by atomic mass is 9.97. The fourth-order valence-corrected chi connectivity index (χ4v) is 4.57. The Morgan fingerprint density at radius 2 is 2.00 bits per heavy atom. The van der Waals surface area contributed by atoms with Crippen LogP contribution in [0.2, 0.25) is 0 Å². The number of nitrogens with one attached hydrogen (secondary N) is 1. The van der Waals surface area contributed by atoms with Crippen LogP contribution in [0, 0.1) is 29.0 Å². The average molecular weight is 324 g/mol. The van der Waals surface area contributed by atoms with Crippen LogP contribution in [0.1, 0.15) is 19.3 Å². The normalized spacial score (nSPS) is 21.3. The van der Waals surface area contributed by atoms with Gasteiger partial charge in [-0.3, -0.25) is 4.79 Å². The molecular weight excluding hydrogens is 307 g/mol. The molecule has 1 N–H and O–H groups in total. The van der Waals surface area contributed by atoms with Crippen molar-refractivity contribution in [3.8, 4) is 6.07 Å². The maximum atomic E-state index is 12.9. The molecule has 5 nitrogen and oxygen atoms in total. The summed E-state index contributed by atoms with van der Waals surface area (Å²) in [5, 5.41) is 11.0. The zero-order valence-corrected chi connectivity index (χ0v) is 12.8. The van der Waals surface area contributed by atoms with Crippen molar-refractivity contribution < 1.29 is 17.6 Å². The van der Waals surface area contributed by atoms with E-state index < -0.39 is 15.7 Å². The molecule has 22 heavy (non-hydrogen) atoms. The number of carbonyl (C=O) groups excluding carboxylic acids is 1. The van der Waals surface area contributed by atoms with Gasteiger partial charge in [-0.2, -0.15) is 5.26 Å². The Kier molecular flexibility index (Phi) is 5.14. The van der Waals surface area contributed by atoms with Gasteiger partial charge in [-0.25, -0.2) is 12.8 Å². The van der Waals surface area contributed by atoms with Crippen molar-refractivity contribution in [2.75, 3.05) is 12.3 Å². The van der Waals surface area contributed by atoms with E-state index in [2.05, 4.69) is 5.32 Å². The maximum Gasteiger partial charge on any atom is 0.224 e. The van der Waals surface area contributed by atoms with Gasteiger partial charge in [0.25, 0.3) is 0 Å². The Labute approximate surface area is 129 Å². The van der Waals surface area contributed by atoms with E-state index in [9.17, 15) is 17.6 Å². The summed E-state index contributed by atoms with van der Waals surface area (Å²) in [5.74, 6) is -1.55.